The van der Waals surface area contributed by atoms with Crippen molar-refractivity contribution in [3.05, 3.63) is 62.2 Å². The summed E-state index contributed by atoms with van der Waals surface area (Å²) in [5.74, 6) is 0.0265. The van der Waals surface area contributed by atoms with Gasteiger partial charge >= 0.3 is 0 Å². The van der Waals surface area contributed by atoms with E-state index in [2.05, 4.69) is 9.88 Å². The summed E-state index contributed by atoms with van der Waals surface area (Å²) in [6.07, 6.45) is 0.613. The molecule has 2 aromatic carbocycles. The molecule has 1 aliphatic rings. The van der Waals surface area contributed by atoms with Gasteiger partial charge in [-0.3, -0.25) is 34.8 Å². The fraction of sp³-hybridized carbons (Fsp3) is 0.364. The van der Waals surface area contributed by atoms with E-state index in [0.717, 1.165) is 42.5 Å². The number of nitro benzene ring substituents is 2. The Morgan fingerprint density at radius 3 is 2.46 bits per heavy atom. The van der Waals surface area contributed by atoms with Crippen LogP contribution in [0.5, 0.6) is 5.75 Å². The standard InChI is InChI=1S/C22H23N5O7S/c1-33-18-3-4-20-19(14-18)23-22(35-20)25(6-2-5-24-7-9-34-10-8-24)21(28)15-11-16(26(29)30)13-17(12-15)27(31)32/h3-4,11-14H,2,5-10H2,1H3. The van der Waals surface area contributed by atoms with Crippen LogP contribution in [0.25, 0.3) is 10.2 Å². The van der Waals surface area contributed by atoms with E-state index in [1.165, 1.54) is 16.2 Å². The Morgan fingerprint density at radius 2 is 1.83 bits per heavy atom. The summed E-state index contributed by atoms with van der Waals surface area (Å²) in [5.41, 5.74) is -0.552. The number of hydrogen-bond acceptors (Lipinski definition) is 10. The molecule has 1 aliphatic heterocycles. The van der Waals surface area contributed by atoms with Crippen LogP contribution in [0.4, 0.5) is 16.5 Å². The zero-order valence-electron chi connectivity index (χ0n) is 18.9. The average molecular weight is 502 g/mol. The van der Waals surface area contributed by atoms with E-state index in [4.69, 9.17) is 9.47 Å². The molecule has 12 nitrogen and oxygen atoms in total. The lowest BCUT2D eigenvalue weighted by atomic mass is 10.1. The molecule has 1 saturated heterocycles. The quantitative estimate of drug-likeness (QED) is 0.318. The van der Waals surface area contributed by atoms with Crippen molar-refractivity contribution in [2.45, 2.75) is 6.42 Å². The summed E-state index contributed by atoms with van der Waals surface area (Å²) < 4.78 is 11.5. The fourth-order valence-corrected chi connectivity index (χ4v) is 4.75. The van der Waals surface area contributed by atoms with Crippen LogP contribution in [0.3, 0.4) is 0 Å². The monoisotopic (exact) mass is 501 g/mol. The molecule has 13 heteroatoms. The second-order valence-electron chi connectivity index (χ2n) is 7.85. The number of hydrogen-bond donors (Lipinski definition) is 0. The van der Waals surface area contributed by atoms with Gasteiger partial charge in [0.05, 0.1) is 52.0 Å². The van der Waals surface area contributed by atoms with Crippen molar-refractivity contribution < 1.29 is 24.1 Å². The minimum absolute atomic E-state index is 0.144. The van der Waals surface area contributed by atoms with Crippen LogP contribution >= 0.6 is 11.3 Å². The summed E-state index contributed by atoms with van der Waals surface area (Å²) in [6, 6.07) is 8.33. The Hall–Kier alpha value is -3.68. The zero-order chi connectivity index (χ0) is 24.9. The number of ether oxygens (including phenoxy) is 2. The van der Waals surface area contributed by atoms with Crippen molar-refractivity contribution in [1.82, 2.24) is 9.88 Å². The van der Waals surface area contributed by atoms with Crippen LogP contribution in [0, 0.1) is 20.2 Å². The normalized spacial score (nSPS) is 14.1. The first-order valence-corrected chi connectivity index (χ1v) is 11.7. The molecular weight excluding hydrogens is 478 g/mol. The number of nitrogens with zero attached hydrogens (tertiary/aromatic N) is 5. The van der Waals surface area contributed by atoms with Gasteiger partial charge in [-0.2, -0.15) is 0 Å². The molecule has 0 unspecified atom stereocenters. The molecule has 1 fully saturated rings. The first-order valence-electron chi connectivity index (χ1n) is 10.9. The SMILES string of the molecule is COc1ccc2sc(N(CCCN3CCOCC3)C(=O)c3cc([N+](=O)[O-])cc([N+](=O)[O-])c3)nc2c1. The zero-order valence-corrected chi connectivity index (χ0v) is 19.7. The van der Waals surface area contributed by atoms with Gasteiger partial charge in [0, 0.05) is 44.4 Å². The van der Waals surface area contributed by atoms with Crippen LogP contribution < -0.4 is 9.64 Å². The van der Waals surface area contributed by atoms with Gasteiger partial charge in [0.25, 0.3) is 17.3 Å². The van der Waals surface area contributed by atoms with Gasteiger partial charge in [0.1, 0.15) is 5.75 Å². The van der Waals surface area contributed by atoms with Gasteiger partial charge in [0.15, 0.2) is 5.13 Å². The van der Waals surface area contributed by atoms with Crippen molar-refractivity contribution in [3.63, 3.8) is 0 Å². The summed E-state index contributed by atoms with van der Waals surface area (Å²) in [7, 11) is 1.55. The maximum Gasteiger partial charge on any atom is 0.277 e. The third-order valence-electron chi connectivity index (χ3n) is 5.59. The third-order valence-corrected chi connectivity index (χ3v) is 6.65. The minimum Gasteiger partial charge on any atom is -0.497 e. The Bertz CT molecular complexity index is 1230. The summed E-state index contributed by atoms with van der Waals surface area (Å²) in [5, 5.41) is 23.1. The van der Waals surface area contributed by atoms with Gasteiger partial charge in [-0.05, 0) is 18.6 Å². The molecule has 35 heavy (non-hydrogen) atoms. The van der Waals surface area contributed by atoms with Crippen molar-refractivity contribution in [1.29, 1.82) is 0 Å². The Morgan fingerprint density at radius 1 is 1.14 bits per heavy atom. The highest BCUT2D eigenvalue weighted by Crippen LogP contribution is 2.33. The van der Waals surface area contributed by atoms with Gasteiger partial charge in [-0.25, -0.2) is 4.98 Å². The van der Waals surface area contributed by atoms with Crippen molar-refractivity contribution in [3.8, 4) is 5.75 Å². The number of amides is 1. The highest BCUT2D eigenvalue weighted by Gasteiger charge is 2.26. The molecule has 0 spiro atoms. The van der Waals surface area contributed by atoms with Gasteiger partial charge in [-0.15, -0.1) is 0 Å². The summed E-state index contributed by atoms with van der Waals surface area (Å²) >= 11 is 1.29. The number of rotatable bonds is 9. The molecule has 0 atom stereocenters. The second kappa shape index (κ2) is 10.7. The molecule has 4 rings (SSSR count). The van der Waals surface area contributed by atoms with Gasteiger partial charge < -0.3 is 9.47 Å². The molecular formula is C22H23N5O7S. The van der Waals surface area contributed by atoms with E-state index in [0.29, 0.717) is 36.0 Å². The van der Waals surface area contributed by atoms with Crippen molar-refractivity contribution >= 4 is 44.0 Å². The maximum absolute atomic E-state index is 13.6. The smallest absolute Gasteiger partial charge is 0.277 e. The summed E-state index contributed by atoms with van der Waals surface area (Å²) in [4.78, 5) is 43.0. The van der Waals surface area contributed by atoms with Gasteiger partial charge in [0.2, 0.25) is 0 Å². The first-order chi connectivity index (χ1) is 16.9. The average Bonchev–Trinajstić information content (AvgIpc) is 3.29. The highest BCUT2D eigenvalue weighted by atomic mass is 32.1. The number of carbonyl (C=O) groups excluding carboxylic acids is 1. The van der Waals surface area contributed by atoms with Crippen molar-refractivity contribution in [2.24, 2.45) is 0 Å². The van der Waals surface area contributed by atoms with Crippen LogP contribution in [0.2, 0.25) is 0 Å². The Labute approximate surface area is 204 Å². The number of methoxy groups -OCH3 is 1. The van der Waals surface area contributed by atoms with E-state index >= 15 is 0 Å². The highest BCUT2D eigenvalue weighted by molar-refractivity contribution is 7.22. The lowest BCUT2D eigenvalue weighted by Gasteiger charge is -2.27. The number of aromatic nitrogens is 1. The first kappa shape index (κ1) is 24.4. The lowest BCUT2D eigenvalue weighted by molar-refractivity contribution is -0.394. The molecule has 2 heterocycles. The van der Waals surface area contributed by atoms with Crippen LogP contribution in [-0.2, 0) is 4.74 Å². The number of nitro groups is 2. The van der Waals surface area contributed by atoms with E-state index in [1.54, 1.807) is 19.2 Å². The number of non-ortho nitro benzene ring substituents is 2. The van der Waals surface area contributed by atoms with Crippen molar-refractivity contribution in [2.75, 3.05) is 51.4 Å². The van der Waals surface area contributed by atoms with Crippen LogP contribution in [0.15, 0.2) is 36.4 Å². The topological polar surface area (TPSA) is 141 Å². The largest absolute Gasteiger partial charge is 0.497 e. The number of anilines is 1. The Balaban J connectivity index is 1.67. The third kappa shape index (κ3) is 5.70. The van der Waals surface area contributed by atoms with E-state index in [9.17, 15) is 25.0 Å². The minimum atomic E-state index is -0.753. The number of fused-ring (bicyclic) bond motifs is 1. The van der Waals surface area contributed by atoms with Gasteiger partial charge in [-0.1, -0.05) is 11.3 Å². The molecule has 0 radical (unpaired) electrons. The van der Waals surface area contributed by atoms with Crippen LogP contribution in [-0.4, -0.2) is 72.1 Å². The van der Waals surface area contributed by atoms with E-state index in [-0.39, 0.29) is 12.1 Å². The number of benzene rings is 2. The molecule has 0 aliphatic carbocycles. The number of thiazole rings is 1. The predicted octanol–water partition coefficient (Wildman–Crippen LogP) is 3.49. The molecule has 1 amide bonds. The predicted molar refractivity (Wildman–Crippen MR) is 129 cm³/mol. The summed E-state index contributed by atoms with van der Waals surface area (Å²) in [6.45, 7) is 3.90. The number of carbonyl (C=O) groups is 1. The molecule has 3 aromatic rings. The fourth-order valence-electron chi connectivity index (χ4n) is 3.78. The van der Waals surface area contributed by atoms with Crippen LogP contribution in [0.1, 0.15) is 16.8 Å². The lowest BCUT2D eigenvalue weighted by Crippen LogP contribution is -2.39. The van der Waals surface area contributed by atoms with E-state index < -0.39 is 27.1 Å². The molecule has 0 saturated carbocycles. The second-order valence-corrected chi connectivity index (χ2v) is 8.86. The molecule has 184 valence electrons. The maximum atomic E-state index is 13.6. The molecule has 0 bridgehead atoms. The Kier molecular flexibility index (Phi) is 7.48. The molecule has 0 N–H and O–H groups in total. The number of morpholine rings is 1. The van der Waals surface area contributed by atoms with E-state index in [1.807, 2.05) is 6.07 Å². The molecule has 1 aromatic heterocycles.